The molecule has 2 amide bonds. The van der Waals surface area contributed by atoms with E-state index in [9.17, 15) is 9.59 Å². The number of pyridine rings is 1. The van der Waals surface area contributed by atoms with E-state index in [2.05, 4.69) is 18.8 Å². The van der Waals surface area contributed by atoms with Crippen LogP contribution in [0.25, 0.3) is 0 Å². The first-order valence-corrected chi connectivity index (χ1v) is 11.2. The summed E-state index contributed by atoms with van der Waals surface area (Å²) >= 11 is 0. The molecule has 0 aliphatic heterocycles. The Morgan fingerprint density at radius 1 is 0.943 bits per heavy atom. The number of nitrogens with zero attached hydrogens (tertiary/aromatic N) is 1. The molecule has 35 heavy (non-hydrogen) atoms. The van der Waals surface area contributed by atoms with E-state index in [1.54, 1.807) is 17.6 Å². The summed E-state index contributed by atoms with van der Waals surface area (Å²) in [5.74, 6) is 0.868. The van der Waals surface area contributed by atoms with Crippen molar-refractivity contribution in [2.75, 3.05) is 0 Å². The van der Waals surface area contributed by atoms with Crippen LogP contribution in [0.4, 0.5) is 4.79 Å². The molecule has 1 heterocycles. The highest BCUT2D eigenvalue weighted by Crippen LogP contribution is 2.35. The first-order valence-electron chi connectivity index (χ1n) is 11.2. The second-order valence-corrected chi connectivity index (χ2v) is 8.85. The Morgan fingerprint density at radius 2 is 1.54 bits per heavy atom. The van der Waals surface area contributed by atoms with Crippen LogP contribution in [0.2, 0.25) is 0 Å². The fraction of sp³-hybridized carbons (Fsp3) is 0.269. The van der Waals surface area contributed by atoms with E-state index in [0.717, 1.165) is 16.9 Å². The highest BCUT2D eigenvalue weighted by atomic mass is 16.6. The Balaban J connectivity index is 1.38. The lowest BCUT2D eigenvalue weighted by molar-refractivity contribution is -0.0197. The zero-order valence-corrected chi connectivity index (χ0v) is 19.4. The van der Waals surface area contributed by atoms with Crippen LogP contribution in [-0.2, 0) is 10.2 Å². The summed E-state index contributed by atoms with van der Waals surface area (Å²) in [5.41, 5.74) is 8.57. The Kier molecular flexibility index (Phi) is 6.88. The Morgan fingerprint density at radius 3 is 2.11 bits per heavy atom. The number of hydrogen-bond acceptors (Lipinski definition) is 7. The van der Waals surface area contributed by atoms with Crippen LogP contribution >= 0.6 is 0 Å². The first kappa shape index (κ1) is 24.0. The maximum atomic E-state index is 11.5. The topological polar surface area (TPSA) is 133 Å². The second-order valence-electron chi connectivity index (χ2n) is 8.85. The van der Waals surface area contributed by atoms with E-state index in [1.165, 1.54) is 6.07 Å². The van der Waals surface area contributed by atoms with Crippen LogP contribution < -0.4 is 20.7 Å². The Hall–Kier alpha value is -4.11. The van der Waals surface area contributed by atoms with Gasteiger partial charge in [-0.3, -0.25) is 10.0 Å². The van der Waals surface area contributed by atoms with Crippen LogP contribution in [0.15, 0.2) is 66.7 Å². The fourth-order valence-electron chi connectivity index (χ4n) is 3.90. The molecule has 4 rings (SSSR count). The van der Waals surface area contributed by atoms with E-state index in [0.29, 0.717) is 18.6 Å². The molecule has 0 radical (unpaired) electrons. The molecule has 1 aromatic heterocycles. The summed E-state index contributed by atoms with van der Waals surface area (Å²) in [6.45, 7) is 4.27. The van der Waals surface area contributed by atoms with Crippen molar-refractivity contribution in [3.63, 3.8) is 0 Å². The van der Waals surface area contributed by atoms with Gasteiger partial charge in [-0.2, -0.15) is 0 Å². The number of carbonyl (C=O) groups excluding carboxylic acids is 2. The average Bonchev–Trinajstić information content (AvgIpc) is 2.83. The lowest BCUT2D eigenvalue weighted by atomic mass is 9.78. The molecule has 1 saturated carbocycles. The SMILES string of the molecule is CC(C)(c1ccc(Oc2cccc(C(=O)NO)n2)cc1)c1ccc(OC2CC(OC(N)=O)C2)cc1. The monoisotopic (exact) mass is 477 g/mol. The lowest BCUT2D eigenvalue weighted by Gasteiger charge is -2.34. The number of hydroxylamine groups is 1. The largest absolute Gasteiger partial charge is 0.490 e. The molecule has 0 bridgehead atoms. The zero-order valence-electron chi connectivity index (χ0n) is 19.4. The van der Waals surface area contributed by atoms with E-state index >= 15 is 0 Å². The Labute approximate surface area is 202 Å². The third-order valence-corrected chi connectivity index (χ3v) is 6.07. The van der Waals surface area contributed by atoms with E-state index in [-0.39, 0.29) is 29.2 Å². The molecule has 182 valence electrons. The molecule has 0 saturated heterocycles. The molecular weight excluding hydrogens is 450 g/mol. The molecule has 1 aliphatic rings. The molecule has 3 aromatic rings. The standard InChI is InChI=1S/C26H27N3O6/c1-26(2,16-6-10-18(11-7-16)33-20-14-21(15-20)35-25(27)31)17-8-12-19(13-9-17)34-23-5-3-4-22(28-23)24(30)29-32/h3-13,20-21,32H,14-15H2,1-2H3,(H2,27,31)(H,29,30). The zero-order chi connectivity index (χ0) is 25.0. The number of carbonyl (C=O) groups is 2. The number of hydrogen-bond donors (Lipinski definition) is 3. The smallest absolute Gasteiger partial charge is 0.404 e. The van der Waals surface area contributed by atoms with Crippen molar-refractivity contribution in [1.82, 2.24) is 10.5 Å². The summed E-state index contributed by atoms with van der Waals surface area (Å²) in [5, 5.41) is 8.77. The predicted octanol–water partition coefficient (Wildman–Crippen LogP) is 4.32. The van der Waals surface area contributed by atoms with Crippen molar-refractivity contribution in [3.05, 3.63) is 83.6 Å². The molecule has 9 nitrogen and oxygen atoms in total. The summed E-state index contributed by atoms with van der Waals surface area (Å²) in [6.07, 6.45) is 0.372. The number of aromatic nitrogens is 1. The number of benzene rings is 2. The molecule has 4 N–H and O–H groups in total. The van der Waals surface area contributed by atoms with Crippen molar-refractivity contribution in [1.29, 1.82) is 0 Å². The fourth-order valence-corrected chi connectivity index (χ4v) is 3.90. The van der Waals surface area contributed by atoms with Crippen LogP contribution in [0.3, 0.4) is 0 Å². The van der Waals surface area contributed by atoms with Crippen LogP contribution in [0, 0.1) is 0 Å². The number of ether oxygens (including phenoxy) is 3. The van der Waals surface area contributed by atoms with Gasteiger partial charge in [0.2, 0.25) is 5.88 Å². The lowest BCUT2D eigenvalue weighted by Crippen LogP contribution is -2.41. The normalized spacial score (nSPS) is 17.1. The highest BCUT2D eigenvalue weighted by Gasteiger charge is 2.33. The predicted molar refractivity (Wildman–Crippen MR) is 127 cm³/mol. The third kappa shape index (κ3) is 5.70. The average molecular weight is 478 g/mol. The van der Waals surface area contributed by atoms with Gasteiger partial charge in [0.1, 0.15) is 29.4 Å². The van der Waals surface area contributed by atoms with Crippen LogP contribution in [0.5, 0.6) is 17.4 Å². The van der Waals surface area contributed by atoms with Crippen LogP contribution in [-0.4, -0.2) is 34.4 Å². The van der Waals surface area contributed by atoms with E-state index in [1.807, 2.05) is 48.5 Å². The molecule has 9 heteroatoms. The third-order valence-electron chi connectivity index (χ3n) is 6.07. The quantitative estimate of drug-likeness (QED) is 0.325. The Bertz CT molecular complexity index is 1190. The van der Waals surface area contributed by atoms with Crippen LogP contribution in [0.1, 0.15) is 48.3 Å². The molecule has 0 unspecified atom stereocenters. The van der Waals surface area contributed by atoms with Crippen molar-refractivity contribution in [2.24, 2.45) is 5.73 Å². The molecular formula is C26H27N3O6. The number of nitrogens with one attached hydrogen (secondary N) is 1. The van der Waals surface area contributed by atoms with Crippen molar-refractivity contribution in [3.8, 4) is 17.4 Å². The second kappa shape index (κ2) is 10.0. The van der Waals surface area contributed by atoms with Crippen molar-refractivity contribution in [2.45, 2.75) is 44.3 Å². The van der Waals surface area contributed by atoms with Gasteiger partial charge in [-0.05, 0) is 41.5 Å². The summed E-state index contributed by atoms with van der Waals surface area (Å²) in [7, 11) is 0. The van der Waals surface area contributed by atoms with Gasteiger partial charge in [-0.15, -0.1) is 0 Å². The van der Waals surface area contributed by atoms with Gasteiger partial charge in [0, 0.05) is 24.3 Å². The first-order chi connectivity index (χ1) is 16.7. The number of primary amides is 1. The minimum Gasteiger partial charge on any atom is -0.490 e. The maximum Gasteiger partial charge on any atom is 0.404 e. The van der Waals surface area contributed by atoms with Gasteiger partial charge >= 0.3 is 6.09 Å². The summed E-state index contributed by atoms with van der Waals surface area (Å²) in [6, 6.07) is 20.3. The van der Waals surface area contributed by atoms with Gasteiger partial charge in [0.25, 0.3) is 5.91 Å². The molecule has 0 atom stereocenters. The van der Waals surface area contributed by atoms with E-state index in [4.69, 9.17) is 25.2 Å². The minimum absolute atomic E-state index is 0.0129. The molecule has 0 spiro atoms. The van der Waals surface area contributed by atoms with Gasteiger partial charge < -0.3 is 19.9 Å². The maximum absolute atomic E-state index is 11.5. The number of nitrogens with two attached hydrogens (primary N) is 1. The molecule has 1 fully saturated rings. The van der Waals surface area contributed by atoms with Gasteiger partial charge in [0.05, 0.1) is 0 Å². The van der Waals surface area contributed by atoms with Crippen molar-refractivity contribution < 1.29 is 29.0 Å². The molecule has 1 aliphatic carbocycles. The number of rotatable bonds is 8. The highest BCUT2D eigenvalue weighted by molar-refractivity contribution is 5.91. The van der Waals surface area contributed by atoms with Gasteiger partial charge in [-0.1, -0.05) is 44.2 Å². The summed E-state index contributed by atoms with van der Waals surface area (Å²) in [4.78, 5) is 26.4. The summed E-state index contributed by atoms with van der Waals surface area (Å²) < 4.78 is 16.7. The van der Waals surface area contributed by atoms with E-state index < -0.39 is 12.0 Å². The number of amides is 2. The van der Waals surface area contributed by atoms with Crippen molar-refractivity contribution >= 4 is 12.0 Å². The minimum atomic E-state index is -0.752. The van der Waals surface area contributed by atoms with Gasteiger partial charge in [0.15, 0.2) is 0 Å². The molecule has 2 aromatic carbocycles. The van der Waals surface area contributed by atoms with Gasteiger partial charge in [-0.25, -0.2) is 15.3 Å².